The molecular weight excluding hydrogens is 429 g/mol. The summed E-state index contributed by atoms with van der Waals surface area (Å²) in [6.45, 7) is 5.21. The van der Waals surface area contributed by atoms with Crippen molar-refractivity contribution in [2.45, 2.75) is 44.5 Å². The zero-order chi connectivity index (χ0) is 22.7. The van der Waals surface area contributed by atoms with Gasteiger partial charge in [-0.2, -0.15) is 0 Å². The smallest absolute Gasteiger partial charge is 0.242 e. The van der Waals surface area contributed by atoms with Gasteiger partial charge in [0.05, 0.1) is 18.3 Å². The number of amidine groups is 1. The zero-order valence-corrected chi connectivity index (χ0v) is 19.0. The fraction of sp³-hybridized carbons (Fsp3) is 0.375. The van der Waals surface area contributed by atoms with Gasteiger partial charge in [0.25, 0.3) is 0 Å². The molecule has 0 aliphatic carbocycles. The minimum atomic E-state index is -0.567. The second kappa shape index (κ2) is 9.83. The molecule has 2 aromatic rings. The molecule has 0 aromatic heterocycles. The van der Waals surface area contributed by atoms with Crippen molar-refractivity contribution in [2.24, 2.45) is 4.99 Å². The van der Waals surface area contributed by atoms with Gasteiger partial charge in [0, 0.05) is 18.7 Å². The van der Waals surface area contributed by atoms with Crippen LogP contribution in [0.2, 0.25) is 0 Å². The maximum Gasteiger partial charge on any atom is 0.242 e. The normalized spacial score (nSPS) is 22.0. The molecule has 2 aromatic carbocycles. The van der Waals surface area contributed by atoms with Crippen LogP contribution in [0.5, 0.6) is 0 Å². The van der Waals surface area contributed by atoms with Crippen LogP contribution in [0, 0.1) is 19.7 Å². The molecule has 0 bridgehead atoms. The summed E-state index contributed by atoms with van der Waals surface area (Å²) in [5, 5.41) is 2.75. The first kappa shape index (κ1) is 22.5. The van der Waals surface area contributed by atoms with Gasteiger partial charge in [-0.15, -0.1) is 0 Å². The van der Waals surface area contributed by atoms with Crippen molar-refractivity contribution >= 4 is 40.1 Å². The molecule has 2 aliphatic rings. The molecule has 32 heavy (non-hydrogen) atoms. The molecule has 2 amide bonds. The first-order valence-electron chi connectivity index (χ1n) is 10.7. The summed E-state index contributed by atoms with van der Waals surface area (Å²) in [7, 11) is 0. The molecule has 2 unspecified atom stereocenters. The number of amides is 2. The Balaban J connectivity index is 1.51. The molecule has 0 saturated carbocycles. The fourth-order valence-electron chi connectivity index (χ4n) is 3.70. The maximum atomic E-state index is 13.2. The van der Waals surface area contributed by atoms with Crippen molar-refractivity contribution in [1.82, 2.24) is 4.90 Å². The number of ether oxygens (including phenoxy) is 1. The van der Waals surface area contributed by atoms with E-state index in [0.29, 0.717) is 24.0 Å². The average molecular weight is 456 g/mol. The molecule has 2 aliphatic heterocycles. The van der Waals surface area contributed by atoms with Crippen molar-refractivity contribution in [1.29, 1.82) is 0 Å². The summed E-state index contributed by atoms with van der Waals surface area (Å²) in [6.07, 6.45) is 1.87. The van der Waals surface area contributed by atoms with Crippen LogP contribution in [0.25, 0.3) is 0 Å². The molecule has 4 rings (SSSR count). The molecule has 2 heterocycles. The lowest BCUT2D eigenvalue weighted by molar-refractivity contribution is -0.129. The molecule has 0 radical (unpaired) electrons. The van der Waals surface area contributed by atoms with Crippen LogP contribution >= 0.6 is 11.8 Å². The van der Waals surface area contributed by atoms with E-state index in [1.165, 1.54) is 41.6 Å². The lowest BCUT2D eigenvalue weighted by Crippen LogP contribution is -2.38. The zero-order valence-electron chi connectivity index (χ0n) is 18.1. The number of thioether (sulfide) groups is 1. The standard InChI is InChI=1S/C24H26FN3O3S/c1-15-5-8-19(12-16(15)2)27-24-28(14-20-4-3-11-31-20)23(30)21(32-24)13-22(29)26-18-9-6-17(25)7-10-18/h5-10,12,20-21H,3-4,11,13-14H2,1-2H3,(H,26,29). The Morgan fingerprint density at radius 2 is 2.00 bits per heavy atom. The Kier molecular flexibility index (Phi) is 6.91. The van der Waals surface area contributed by atoms with Crippen molar-refractivity contribution < 1.29 is 18.7 Å². The minimum absolute atomic E-state index is 0.00878. The second-order valence-corrected chi connectivity index (χ2v) is 9.28. The first-order chi connectivity index (χ1) is 15.4. The van der Waals surface area contributed by atoms with Crippen molar-refractivity contribution in [2.75, 3.05) is 18.5 Å². The van der Waals surface area contributed by atoms with E-state index < -0.39 is 5.25 Å². The number of anilines is 1. The van der Waals surface area contributed by atoms with Crippen molar-refractivity contribution in [3.05, 3.63) is 59.4 Å². The van der Waals surface area contributed by atoms with Crippen LogP contribution in [0.15, 0.2) is 47.5 Å². The fourth-order valence-corrected chi connectivity index (χ4v) is 4.87. The number of nitrogens with zero attached hydrogens (tertiary/aromatic N) is 2. The maximum absolute atomic E-state index is 13.2. The van der Waals surface area contributed by atoms with Crippen LogP contribution in [0.1, 0.15) is 30.4 Å². The number of nitrogens with one attached hydrogen (secondary N) is 1. The number of aliphatic imine (C=N–C) groups is 1. The van der Waals surface area contributed by atoms with Gasteiger partial charge in [-0.3, -0.25) is 14.5 Å². The van der Waals surface area contributed by atoms with Crippen LogP contribution in [0.4, 0.5) is 15.8 Å². The third-order valence-corrected chi connectivity index (χ3v) is 6.82. The Hall–Kier alpha value is -2.71. The highest BCUT2D eigenvalue weighted by atomic mass is 32.2. The van der Waals surface area contributed by atoms with Gasteiger partial charge in [-0.05, 0) is 74.2 Å². The number of carbonyl (C=O) groups excluding carboxylic acids is 2. The quantitative estimate of drug-likeness (QED) is 0.692. The molecule has 1 N–H and O–H groups in total. The van der Waals surface area contributed by atoms with Crippen LogP contribution < -0.4 is 5.32 Å². The third-order valence-electron chi connectivity index (χ3n) is 5.64. The predicted molar refractivity (Wildman–Crippen MR) is 125 cm³/mol. The van der Waals surface area contributed by atoms with Crippen LogP contribution in [-0.2, 0) is 14.3 Å². The summed E-state index contributed by atoms with van der Waals surface area (Å²) in [5.41, 5.74) is 3.57. The van der Waals surface area contributed by atoms with Gasteiger partial charge < -0.3 is 10.1 Å². The minimum Gasteiger partial charge on any atom is -0.376 e. The average Bonchev–Trinajstić information content (AvgIpc) is 3.37. The molecule has 2 atom stereocenters. The van der Waals surface area contributed by atoms with Crippen LogP contribution in [-0.4, -0.2) is 46.4 Å². The molecular formula is C24H26FN3O3S. The highest BCUT2D eigenvalue weighted by Gasteiger charge is 2.40. The lowest BCUT2D eigenvalue weighted by Gasteiger charge is -2.20. The number of benzene rings is 2. The van der Waals surface area contributed by atoms with E-state index in [4.69, 9.17) is 9.73 Å². The highest BCUT2D eigenvalue weighted by molar-refractivity contribution is 8.15. The Bertz CT molecular complexity index is 1040. The van der Waals surface area contributed by atoms with E-state index in [1.807, 2.05) is 32.0 Å². The number of rotatable bonds is 6. The predicted octanol–water partition coefficient (Wildman–Crippen LogP) is 4.58. The van der Waals surface area contributed by atoms with E-state index >= 15 is 0 Å². The SMILES string of the molecule is Cc1ccc(N=C2SC(CC(=O)Nc3ccc(F)cc3)C(=O)N2CC2CCCO2)cc1C. The summed E-state index contributed by atoms with van der Waals surface area (Å²) >= 11 is 1.31. The van der Waals surface area contributed by atoms with E-state index in [1.54, 1.807) is 4.90 Å². The number of hydrogen-bond donors (Lipinski definition) is 1. The number of carbonyl (C=O) groups is 2. The summed E-state index contributed by atoms with van der Waals surface area (Å²) in [6, 6.07) is 11.5. The topological polar surface area (TPSA) is 71.0 Å². The van der Waals surface area contributed by atoms with Gasteiger partial charge in [0.2, 0.25) is 11.8 Å². The molecule has 8 heteroatoms. The van der Waals surface area contributed by atoms with Crippen LogP contribution in [0.3, 0.4) is 0 Å². The van der Waals surface area contributed by atoms with Gasteiger partial charge >= 0.3 is 0 Å². The Morgan fingerprint density at radius 3 is 2.69 bits per heavy atom. The monoisotopic (exact) mass is 455 g/mol. The largest absolute Gasteiger partial charge is 0.376 e. The molecule has 2 fully saturated rings. The summed E-state index contributed by atoms with van der Waals surface area (Å²) < 4.78 is 18.8. The number of halogens is 1. The molecule has 168 valence electrons. The number of hydrogen-bond acceptors (Lipinski definition) is 5. The van der Waals surface area contributed by atoms with E-state index in [9.17, 15) is 14.0 Å². The lowest BCUT2D eigenvalue weighted by atomic mass is 10.1. The van der Waals surface area contributed by atoms with E-state index in [2.05, 4.69) is 5.32 Å². The van der Waals surface area contributed by atoms with E-state index in [-0.39, 0.29) is 30.2 Å². The molecule has 2 saturated heterocycles. The van der Waals surface area contributed by atoms with Gasteiger partial charge in [0.15, 0.2) is 5.17 Å². The Labute approximate surface area is 191 Å². The number of aryl methyl sites for hydroxylation is 2. The third kappa shape index (κ3) is 5.37. The summed E-state index contributed by atoms with van der Waals surface area (Å²) in [5.74, 6) is -0.809. The first-order valence-corrected chi connectivity index (χ1v) is 11.6. The second-order valence-electron chi connectivity index (χ2n) is 8.11. The molecule has 0 spiro atoms. The van der Waals surface area contributed by atoms with Crippen molar-refractivity contribution in [3.63, 3.8) is 0 Å². The molecule has 6 nitrogen and oxygen atoms in total. The van der Waals surface area contributed by atoms with Gasteiger partial charge in [-0.1, -0.05) is 17.8 Å². The van der Waals surface area contributed by atoms with E-state index in [0.717, 1.165) is 24.1 Å². The Morgan fingerprint density at radius 1 is 1.22 bits per heavy atom. The summed E-state index contributed by atoms with van der Waals surface area (Å²) in [4.78, 5) is 32.1. The van der Waals surface area contributed by atoms with Gasteiger partial charge in [0.1, 0.15) is 11.1 Å². The van der Waals surface area contributed by atoms with Crippen molar-refractivity contribution in [3.8, 4) is 0 Å². The van der Waals surface area contributed by atoms with Gasteiger partial charge in [-0.25, -0.2) is 9.38 Å². The highest BCUT2D eigenvalue weighted by Crippen LogP contribution is 2.33.